The van der Waals surface area contributed by atoms with Gasteiger partial charge in [-0.3, -0.25) is 14.4 Å². The van der Waals surface area contributed by atoms with Crippen LogP contribution in [0.15, 0.2) is 36.5 Å². The first-order valence-corrected chi connectivity index (χ1v) is 12.2. The first-order valence-electron chi connectivity index (χ1n) is 12.2. The summed E-state index contributed by atoms with van der Waals surface area (Å²) in [5.41, 5.74) is 2.31. The van der Waals surface area contributed by atoms with Gasteiger partial charge < -0.3 is 5.32 Å². The second-order valence-corrected chi connectivity index (χ2v) is 9.88. The van der Waals surface area contributed by atoms with Gasteiger partial charge in [-0.25, -0.2) is 0 Å². The van der Waals surface area contributed by atoms with E-state index < -0.39 is 0 Å². The van der Waals surface area contributed by atoms with Gasteiger partial charge in [0, 0.05) is 25.3 Å². The topological polar surface area (TPSA) is 63.1 Å². The van der Waals surface area contributed by atoms with Gasteiger partial charge in [-0.2, -0.15) is 0 Å². The Bertz CT molecular complexity index is 860. The Kier molecular flexibility index (Phi) is 6.35. The Morgan fingerprint density at radius 1 is 1.10 bits per heavy atom. The van der Waals surface area contributed by atoms with Crippen molar-refractivity contribution in [1.82, 2.24) is 25.2 Å². The van der Waals surface area contributed by atoms with E-state index in [0.29, 0.717) is 18.5 Å². The van der Waals surface area contributed by atoms with E-state index in [-0.39, 0.29) is 11.8 Å². The number of amides is 1. The van der Waals surface area contributed by atoms with Crippen LogP contribution in [-0.2, 0) is 24.3 Å². The van der Waals surface area contributed by atoms with Crippen LogP contribution in [0.1, 0.15) is 56.2 Å². The number of aromatic nitrogens is 3. The molecule has 1 saturated carbocycles. The number of nitrogens with zero attached hydrogens (tertiary/aromatic N) is 4. The summed E-state index contributed by atoms with van der Waals surface area (Å²) in [7, 11) is 0. The molecule has 6 heteroatoms. The molecule has 31 heavy (non-hydrogen) atoms. The van der Waals surface area contributed by atoms with E-state index in [1.54, 1.807) is 0 Å². The summed E-state index contributed by atoms with van der Waals surface area (Å²) in [4.78, 5) is 15.4. The third kappa shape index (κ3) is 5.00. The van der Waals surface area contributed by atoms with Gasteiger partial charge in [0.25, 0.3) is 0 Å². The number of hydrogen-bond acceptors (Lipinski definition) is 4. The molecule has 4 fully saturated rings. The van der Waals surface area contributed by atoms with E-state index in [0.717, 1.165) is 56.1 Å². The highest BCUT2D eigenvalue weighted by molar-refractivity contribution is 5.79. The zero-order valence-corrected chi connectivity index (χ0v) is 18.5. The average molecular weight is 422 g/mol. The van der Waals surface area contributed by atoms with Gasteiger partial charge in [0.1, 0.15) is 0 Å². The summed E-state index contributed by atoms with van der Waals surface area (Å²) >= 11 is 0. The van der Waals surface area contributed by atoms with Crippen molar-refractivity contribution in [2.45, 2.75) is 70.5 Å². The molecule has 4 heterocycles. The molecule has 1 aliphatic carbocycles. The first-order chi connectivity index (χ1) is 15.2. The summed E-state index contributed by atoms with van der Waals surface area (Å²) in [5.74, 6) is 1.61. The minimum atomic E-state index is 0.117. The third-order valence-electron chi connectivity index (χ3n) is 7.73. The van der Waals surface area contributed by atoms with Crippen molar-refractivity contribution in [2.75, 3.05) is 13.1 Å². The van der Waals surface area contributed by atoms with Crippen molar-refractivity contribution < 1.29 is 4.79 Å². The predicted octanol–water partition coefficient (Wildman–Crippen LogP) is 3.43. The quantitative estimate of drug-likeness (QED) is 0.744. The second-order valence-electron chi connectivity index (χ2n) is 9.88. The number of piperidine rings is 3. The van der Waals surface area contributed by atoms with Crippen molar-refractivity contribution >= 4 is 5.91 Å². The maximum absolute atomic E-state index is 12.9. The molecule has 4 atom stereocenters. The van der Waals surface area contributed by atoms with Gasteiger partial charge >= 0.3 is 0 Å². The number of carbonyl (C=O) groups excluding carboxylic acids is 1. The van der Waals surface area contributed by atoms with Crippen LogP contribution < -0.4 is 5.32 Å². The van der Waals surface area contributed by atoms with Gasteiger partial charge in [0.2, 0.25) is 5.91 Å². The molecule has 6 rings (SSSR count). The van der Waals surface area contributed by atoms with Crippen LogP contribution in [0.4, 0.5) is 0 Å². The molecular weight excluding hydrogens is 386 g/mol. The normalized spacial score (nSPS) is 28.5. The van der Waals surface area contributed by atoms with Crippen molar-refractivity contribution in [3.05, 3.63) is 47.8 Å². The van der Waals surface area contributed by atoms with E-state index in [4.69, 9.17) is 0 Å². The van der Waals surface area contributed by atoms with Gasteiger partial charge in [0.05, 0.1) is 18.2 Å². The van der Waals surface area contributed by atoms with Crippen LogP contribution >= 0.6 is 0 Å². The zero-order valence-electron chi connectivity index (χ0n) is 18.5. The number of benzene rings is 1. The lowest BCUT2D eigenvalue weighted by Crippen LogP contribution is -2.58. The molecule has 1 aromatic carbocycles. The van der Waals surface area contributed by atoms with Crippen molar-refractivity contribution in [3.8, 4) is 0 Å². The van der Waals surface area contributed by atoms with Gasteiger partial charge in [0.15, 0.2) is 0 Å². The Labute approximate surface area is 185 Å². The molecule has 1 amide bonds. The SMILES string of the molecule is O=C(NCc1ccccc1)[C@@H]1CN2CC[C@@H]1C[C@@H]2Cn1cc(CC2CCCCC2)nn1. The summed E-state index contributed by atoms with van der Waals surface area (Å²) in [5, 5.41) is 12.1. The second kappa shape index (κ2) is 9.51. The summed E-state index contributed by atoms with van der Waals surface area (Å²) in [6.07, 6.45) is 12.3. The highest BCUT2D eigenvalue weighted by Gasteiger charge is 2.43. The van der Waals surface area contributed by atoms with Gasteiger partial charge in [-0.1, -0.05) is 67.6 Å². The molecule has 1 unspecified atom stereocenters. The smallest absolute Gasteiger partial charge is 0.224 e. The Morgan fingerprint density at radius 3 is 2.71 bits per heavy atom. The molecule has 6 nitrogen and oxygen atoms in total. The van der Waals surface area contributed by atoms with E-state index in [1.807, 2.05) is 22.9 Å². The highest BCUT2D eigenvalue weighted by Crippen LogP contribution is 2.37. The predicted molar refractivity (Wildman–Crippen MR) is 120 cm³/mol. The lowest BCUT2D eigenvalue weighted by Gasteiger charge is -2.49. The molecule has 4 aliphatic rings. The van der Waals surface area contributed by atoms with Gasteiger partial charge in [-0.05, 0) is 43.2 Å². The fraction of sp³-hybridized carbons (Fsp3) is 0.640. The number of hydrogen-bond donors (Lipinski definition) is 1. The van der Waals surface area contributed by atoms with Crippen LogP contribution in [0.25, 0.3) is 0 Å². The number of carbonyl (C=O) groups is 1. The van der Waals surface area contributed by atoms with E-state index in [1.165, 1.54) is 32.1 Å². The first kappa shape index (κ1) is 20.7. The minimum absolute atomic E-state index is 0.117. The fourth-order valence-electron chi connectivity index (χ4n) is 5.97. The van der Waals surface area contributed by atoms with E-state index in [9.17, 15) is 4.79 Å². The maximum Gasteiger partial charge on any atom is 0.224 e. The van der Waals surface area contributed by atoms with Crippen molar-refractivity contribution in [2.24, 2.45) is 17.8 Å². The molecule has 1 N–H and O–H groups in total. The van der Waals surface area contributed by atoms with Crippen LogP contribution in [0.5, 0.6) is 0 Å². The molecule has 0 spiro atoms. The number of fused-ring (bicyclic) bond motifs is 3. The monoisotopic (exact) mass is 421 g/mol. The van der Waals surface area contributed by atoms with Crippen molar-refractivity contribution in [1.29, 1.82) is 0 Å². The van der Waals surface area contributed by atoms with E-state index >= 15 is 0 Å². The van der Waals surface area contributed by atoms with Crippen LogP contribution in [-0.4, -0.2) is 44.9 Å². The Hall–Kier alpha value is -2.21. The number of nitrogens with one attached hydrogen (secondary N) is 1. The number of rotatable bonds is 7. The molecular formula is C25H35N5O. The molecule has 1 aromatic heterocycles. The molecule has 2 aromatic rings. The maximum atomic E-state index is 12.9. The van der Waals surface area contributed by atoms with Crippen LogP contribution in [0.2, 0.25) is 0 Å². The zero-order chi connectivity index (χ0) is 21.0. The Balaban J connectivity index is 1.13. The molecule has 0 radical (unpaired) electrons. The van der Waals surface area contributed by atoms with Gasteiger partial charge in [-0.15, -0.1) is 5.10 Å². The largest absolute Gasteiger partial charge is 0.352 e. The van der Waals surface area contributed by atoms with Crippen LogP contribution in [0.3, 0.4) is 0 Å². The van der Waals surface area contributed by atoms with Crippen LogP contribution in [0, 0.1) is 17.8 Å². The molecule has 166 valence electrons. The minimum Gasteiger partial charge on any atom is -0.352 e. The molecule has 3 aliphatic heterocycles. The third-order valence-corrected chi connectivity index (χ3v) is 7.73. The fourth-order valence-corrected chi connectivity index (χ4v) is 5.97. The highest BCUT2D eigenvalue weighted by atomic mass is 16.1. The summed E-state index contributed by atoms with van der Waals surface area (Å²) in [6, 6.07) is 10.6. The summed E-state index contributed by atoms with van der Waals surface area (Å²) < 4.78 is 2.05. The van der Waals surface area contributed by atoms with E-state index in [2.05, 4.69) is 38.9 Å². The van der Waals surface area contributed by atoms with Crippen molar-refractivity contribution in [3.63, 3.8) is 0 Å². The molecule has 3 saturated heterocycles. The summed E-state index contributed by atoms with van der Waals surface area (Å²) in [6.45, 7) is 3.49. The lowest BCUT2D eigenvalue weighted by atomic mass is 9.75. The Morgan fingerprint density at radius 2 is 1.94 bits per heavy atom. The standard InChI is InChI=1S/C25H35N5O/c31-25(26-15-20-9-5-2-6-10-20)24-18-29-12-11-21(24)14-23(29)17-30-16-22(27-28-30)13-19-7-3-1-4-8-19/h2,5-6,9-10,16,19,21,23-24H,1,3-4,7-8,11-15,17-18H2,(H,26,31)/t21-,23-,24-/m1/s1. The average Bonchev–Trinajstić information content (AvgIpc) is 3.26. The molecule has 2 bridgehead atoms. The lowest BCUT2D eigenvalue weighted by molar-refractivity contribution is -0.133.